The molecule has 186 valence electrons. The van der Waals surface area contributed by atoms with Gasteiger partial charge in [0.05, 0.1) is 0 Å². The number of carbonyl (C=O) groups is 3. The number of aliphatic imine (C=N–C) groups is 1. The van der Waals surface area contributed by atoms with E-state index < -0.39 is 23.4 Å². The van der Waals surface area contributed by atoms with Gasteiger partial charge in [0.1, 0.15) is 0 Å². The Kier molecular flexibility index (Phi) is 8.32. The minimum Gasteiger partial charge on any atom is -0.478 e. The largest absolute Gasteiger partial charge is 0.478 e. The average molecular weight is 476 g/mol. The Morgan fingerprint density at radius 2 is 1.88 bits per heavy atom. The number of hydrogen-bond donors (Lipinski definition) is 4. The number of imide groups is 1. The van der Waals surface area contributed by atoms with Crippen molar-refractivity contribution in [3.05, 3.63) is 23.8 Å². The van der Waals surface area contributed by atoms with Crippen LogP contribution in [-0.4, -0.2) is 52.8 Å². The highest BCUT2D eigenvalue weighted by atomic mass is 16.7. The molecule has 1 aromatic carbocycles. The monoisotopic (exact) mass is 475 g/mol. The van der Waals surface area contributed by atoms with Gasteiger partial charge in [-0.05, 0) is 43.4 Å². The number of hydrogen-bond acceptors (Lipinski definition) is 7. The Labute approximate surface area is 198 Å². The summed E-state index contributed by atoms with van der Waals surface area (Å²) in [5.74, 6) is -1.76. The van der Waals surface area contributed by atoms with E-state index in [9.17, 15) is 19.5 Å². The van der Waals surface area contributed by atoms with Gasteiger partial charge >= 0.3 is 5.97 Å². The van der Waals surface area contributed by atoms with E-state index in [2.05, 4.69) is 10.3 Å². The van der Waals surface area contributed by atoms with Gasteiger partial charge < -0.3 is 26.0 Å². The normalized spacial score (nSPS) is 17.0. The maximum absolute atomic E-state index is 13.5. The summed E-state index contributed by atoms with van der Waals surface area (Å²) >= 11 is 0. The number of rotatable bonds is 10. The molecule has 0 aromatic heterocycles. The van der Waals surface area contributed by atoms with Crippen molar-refractivity contribution in [1.82, 2.24) is 10.2 Å². The highest BCUT2D eigenvalue weighted by Crippen LogP contribution is 2.33. The molecule has 6 N–H and O–H groups in total. The van der Waals surface area contributed by atoms with Crippen LogP contribution in [0.2, 0.25) is 0 Å². The van der Waals surface area contributed by atoms with Gasteiger partial charge in [0.15, 0.2) is 23.1 Å². The molecule has 1 saturated carbocycles. The summed E-state index contributed by atoms with van der Waals surface area (Å²) in [6.07, 6.45) is 4.20. The molecule has 0 spiro atoms. The summed E-state index contributed by atoms with van der Waals surface area (Å²) in [7, 11) is 0. The molecule has 34 heavy (non-hydrogen) atoms. The smallest absolute Gasteiger partial charge is 0.345 e. The fourth-order valence-electron chi connectivity index (χ4n) is 4.54. The predicted octanol–water partition coefficient (Wildman–Crippen LogP) is 1.29. The lowest BCUT2D eigenvalue weighted by Crippen LogP contribution is -2.67. The molecule has 1 aliphatic carbocycles. The summed E-state index contributed by atoms with van der Waals surface area (Å²) in [6.45, 7) is 1.57. The second-order valence-electron chi connectivity index (χ2n) is 8.64. The van der Waals surface area contributed by atoms with E-state index in [1.807, 2.05) is 0 Å². The molecule has 1 fully saturated rings. The number of nitrogens with one attached hydrogen (secondary N) is 1. The summed E-state index contributed by atoms with van der Waals surface area (Å²) in [4.78, 5) is 43.8. The molecule has 1 atom stereocenters. The maximum atomic E-state index is 13.5. The molecule has 0 saturated heterocycles. The summed E-state index contributed by atoms with van der Waals surface area (Å²) in [5.41, 5.74) is 9.53. The van der Waals surface area contributed by atoms with Gasteiger partial charge in [-0.2, -0.15) is 0 Å². The van der Waals surface area contributed by atoms with Crippen LogP contribution in [0.25, 0.3) is 0 Å². The van der Waals surface area contributed by atoms with Crippen LogP contribution in [0, 0.1) is 5.92 Å². The maximum Gasteiger partial charge on any atom is 0.345 e. The summed E-state index contributed by atoms with van der Waals surface area (Å²) in [6, 6.07) is 5.24. The van der Waals surface area contributed by atoms with Gasteiger partial charge in [-0.3, -0.25) is 24.8 Å². The lowest BCUT2D eigenvalue weighted by Gasteiger charge is -2.41. The number of aliphatic carboxylic acids is 1. The van der Waals surface area contributed by atoms with Crippen LogP contribution in [0.4, 0.5) is 0 Å². The van der Waals surface area contributed by atoms with E-state index in [0.717, 1.165) is 24.2 Å². The first-order chi connectivity index (χ1) is 16.2. The molecule has 0 radical (unpaired) electrons. The molecule has 11 heteroatoms. The standard InChI is InChI=1S/C23H33N5O6/c1-15(29)28(20(30)17-6-3-2-4-7-17)23(21(31)32,10-5-11-26-22(24)25)27-13-16-8-9-18-19(12-16)34-14-33-18/h8-9,12,17,27H,2-7,10-11,13-14H2,1H3,(H,31,32)(H4,24,25,26)/t23-/m0/s1. The number of amides is 2. The Hall–Kier alpha value is -3.34. The van der Waals surface area contributed by atoms with Crippen molar-refractivity contribution in [3.63, 3.8) is 0 Å². The first-order valence-corrected chi connectivity index (χ1v) is 11.5. The van der Waals surface area contributed by atoms with E-state index >= 15 is 0 Å². The molecule has 1 aromatic rings. The molecule has 11 nitrogen and oxygen atoms in total. The van der Waals surface area contributed by atoms with E-state index in [1.54, 1.807) is 18.2 Å². The van der Waals surface area contributed by atoms with Crippen molar-refractivity contribution in [2.75, 3.05) is 13.3 Å². The average Bonchev–Trinajstić information content (AvgIpc) is 3.28. The molecule has 2 amide bonds. The zero-order valence-electron chi connectivity index (χ0n) is 19.4. The number of nitrogens with zero attached hydrogens (tertiary/aromatic N) is 2. The highest BCUT2D eigenvalue weighted by molar-refractivity contribution is 6.01. The molecule has 0 bridgehead atoms. The molecular formula is C23H33N5O6. The fourth-order valence-corrected chi connectivity index (χ4v) is 4.54. The molecule has 0 unspecified atom stereocenters. The zero-order valence-corrected chi connectivity index (χ0v) is 19.4. The van der Waals surface area contributed by atoms with Crippen LogP contribution in [0.1, 0.15) is 57.4 Å². The van der Waals surface area contributed by atoms with Crippen molar-refractivity contribution in [2.45, 2.75) is 64.1 Å². The number of ether oxygens (including phenoxy) is 2. The van der Waals surface area contributed by atoms with E-state index in [4.69, 9.17) is 20.9 Å². The topological polar surface area (TPSA) is 170 Å². The first kappa shape index (κ1) is 25.3. The van der Waals surface area contributed by atoms with Crippen molar-refractivity contribution in [3.8, 4) is 11.5 Å². The second-order valence-corrected chi connectivity index (χ2v) is 8.64. The number of benzene rings is 1. The number of guanidine groups is 1. The number of fused-ring (bicyclic) bond motifs is 1. The second kappa shape index (κ2) is 11.2. The molecule has 1 heterocycles. The SMILES string of the molecule is CC(=O)N(C(=O)C1CCCCC1)[C@](CCCN=C(N)N)(NCc1ccc2c(c1)OCO2)C(=O)O. The Morgan fingerprint density at radius 1 is 1.18 bits per heavy atom. The number of nitrogens with two attached hydrogens (primary N) is 2. The molecular weight excluding hydrogens is 442 g/mol. The van der Waals surface area contributed by atoms with Gasteiger partial charge in [0.2, 0.25) is 18.6 Å². The van der Waals surface area contributed by atoms with Crippen LogP contribution in [0.3, 0.4) is 0 Å². The van der Waals surface area contributed by atoms with Crippen LogP contribution in [0.15, 0.2) is 23.2 Å². The molecule has 2 aliphatic rings. The minimum atomic E-state index is -1.96. The van der Waals surface area contributed by atoms with E-state index in [1.165, 1.54) is 6.92 Å². The third kappa shape index (κ3) is 5.77. The van der Waals surface area contributed by atoms with Crippen LogP contribution in [-0.2, 0) is 20.9 Å². The summed E-state index contributed by atoms with van der Waals surface area (Å²) < 4.78 is 10.7. The van der Waals surface area contributed by atoms with Gasteiger partial charge in [0.25, 0.3) is 0 Å². The number of carboxylic acid groups (broad SMARTS) is 1. The third-order valence-corrected chi connectivity index (χ3v) is 6.24. The molecule has 3 rings (SSSR count). The third-order valence-electron chi connectivity index (χ3n) is 6.24. The Morgan fingerprint density at radius 3 is 2.53 bits per heavy atom. The zero-order chi connectivity index (χ0) is 24.7. The number of carboxylic acids is 1. The lowest BCUT2D eigenvalue weighted by molar-refractivity contribution is -0.171. The molecule has 1 aliphatic heterocycles. The predicted molar refractivity (Wildman–Crippen MR) is 124 cm³/mol. The quantitative estimate of drug-likeness (QED) is 0.168. The van der Waals surface area contributed by atoms with Crippen LogP contribution < -0.4 is 26.3 Å². The first-order valence-electron chi connectivity index (χ1n) is 11.5. The van der Waals surface area contributed by atoms with Crippen molar-refractivity contribution in [2.24, 2.45) is 22.4 Å². The van der Waals surface area contributed by atoms with Crippen LogP contribution >= 0.6 is 0 Å². The van der Waals surface area contributed by atoms with Gasteiger partial charge in [-0.25, -0.2) is 4.79 Å². The van der Waals surface area contributed by atoms with Crippen LogP contribution in [0.5, 0.6) is 11.5 Å². The van der Waals surface area contributed by atoms with Crippen molar-refractivity contribution >= 4 is 23.7 Å². The van der Waals surface area contributed by atoms with E-state index in [-0.39, 0.29) is 44.6 Å². The highest BCUT2D eigenvalue weighted by Gasteiger charge is 2.49. The van der Waals surface area contributed by atoms with Crippen molar-refractivity contribution < 1.29 is 29.0 Å². The number of carbonyl (C=O) groups excluding carboxylic acids is 2. The lowest BCUT2D eigenvalue weighted by atomic mass is 9.87. The summed E-state index contributed by atoms with van der Waals surface area (Å²) in [5, 5.41) is 13.4. The van der Waals surface area contributed by atoms with Gasteiger partial charge in [-0.15, -0.1) is 0 Å². The fraction of sp³-hybridized carbons (Fsp3) is 0.565. The van der Waals surface area contributed by atoms with Gasteiger partial charge in [-0.1, -0.05) is 25.3 Å². The van der Waals surface area contributed by atoms with Crippen molar-refractivity contribution in [1.29, 1.82) is 0 Å². The Balaban J connectivity index is 1.91. The van der Waals surface area contributed by atoms with E-state index in [0.29, 0.717) is 29.9 Å². The Bertz CT molecular complexity index is 942. The van der Waals surface area contributed by atoms with Gasteiger partial charge in [0, 0.05) is 25.9 Å². The minimum absolute atomic E-state index is 0.0678.